The molecule has 1 rings (SSSR count). The highest BCUT2D eigenvalue weighted by Gasteiger charge is 2.02. The Labute approximate surface area is 109 Å². The average molecular weight is 248 g/mol. The quantitative estimate of drug-likeness (QED) is 0.621. The predicted molar refractivity (Wildman–Crippen MR) is 71.1 cm³/mol. The van der Waals surface area contributed by atoms with E-state index in [4.69, 9.17) is 9.47 Å². The SMILES string of the molecule is CCCC#CCC(O)OCc1ccc(OC)cc1. The maximum absolute atomic E-state index is 9.56. The summed E-state index contributed by atoms with van der Waals surface area (Å²) in [6.45, 7) is 2.45. The van der Waals surface area contributed by atoms with Gasteiger partial charge in [-0.25, -0.2) is 0 Å². The van der Waals surface area contributed by atoms with Crippen molar-refractivity contribution in [2.24, 2.45) is 0 Å². The van der Waals surface area contributed by atoms with E-state index in [1.807, 2.05) is 24.3 Å². The molecule has 1 aromatic carbocycles. The van der Waals surface area contributed by atoms with Gasteiger partial charge in [0.15, 0.2) is 6.29 Å². The number of hydrogen-bond acceptors (Lipinski definition) is 3. The first-order valence-electron chi connectivity index (χ1n) is 6.14. The molecule has 0 spiro atoms. The zero-order valence-electron chi connectivity index (χ0n) is 11.0. The number of benzene rings is 1. The highest BCUT2D eigenvalue weighted by molar-refractivity contribution is 5.26. The van der Waals surface area contributed by atoms with Crippen LogP contribution in [0.2, 0.25) is 0 Å². The molecule has 0 amide bonds. The number of hydrogen-bond donors (Lipinski definition) is 1. The smallest absolute Gasteiger partial charge is 0.165 e. The summed E-state index contributed by atoms with van der Waals surface area (Å²) in [7, 11) is 1.63. The number of unbranched alkanes of at least 4 members (excludes halogenated alkanes) is 1. The Kier molecular flexibility index (Phi) is 6.93. The Morgan fingerprint density at radius 1 is 1.22 bits per heavy atom. The summed E-state index contributed by atoms with van der Waals surface area (Å²) in [4.78, 5) is 0. The first-order valence-corrected chi connectivity index (χ1v) is 6.14. The Balaban J connectivity index is 2.29. The van der Waals surface area contributed by atoms with Gasteiger partial charge in [-0.05, 0) is 24.1 Å². The largest absolute Gasteiger partial charge is 0.497 e. The lowest BCUT2D eigenvalue weighted by Crippen LogP contribution is -2.10. The van der Waals surface area contributed by atoms with E-state index in [-0.39, 0.29) is 0 Å². The number of aliphatic hydroxyl groups is 1. The maximum Gasteiger partial charge on any atom is 0.165 e. The molecule has 1 N–H and O–H groups in total. The zero-order valence-corrected chi connectivity index (χ0v) is 11.0. The van der Waals surface area contributed by atoms with Crippen LogP contribution in [-0.4, -0.2) is 18.5 Å². The standard InChI is InChI=1S/C15H20O3/c1-3-4-5-6-7-15(16)18-12-13-8-10-14(17-2)11-9-13/h8-11,15-16H,3-4,7,12H2,1-2H3. The summed E-state index contributed by atoms with van der Waals surface area (Å²) in [6.07, 6.45) is 1.44. The van der Waals surface area contributed by atoms with Gasteiger partial charge in [0.1, 0.15) is 5.75 Å². The summed E-state index contributed by atoms with van der Waals surface area (Å²) in [6, 6.07) is 7.56. The Morgan fingerprint density at radius 3 is 2.56 bits per heavy atom. The Hall–Kier alpha value is -1.50. The number of ether oxygens (including phenoxy) is 2. The normalized spacial score (nSPS) is 11.5. The molecule has 0 bridgehead atoms. The lowest BCUT2D eigenvalue weighted by Gasteiger charge is -2.09. The van der Waals surface area contributed by atoms with Crippen LogP contribution in [0.15, 0.2) is 24.3 Å². The van der Waals surface area contributed by atoms with E-state index >= 15 is 0 Å². The third-order valence-electron chi connectivity index (χ3n) is 2.38. The zero-order chi connectivity index (χ0) is 13.2. The van der Waals surface area contributed by atoms with Crippen molar-refractivity contribution in [3.05, 3.63) is 29.8 Å². The van der Waals surface area contributed by atoms with Crippen molar-refractivity contribution >= 4 is 0 Å². The molecular formula is C15H20O3. The van der Waals surface area contributed by atoms with Gasteiger partial charge in [0.05, 0.1) is 20.1 Å². The molecule has 3 heteroatoms. The molecule has 1 aromatic rings. The van der Waals surface area contributed by atoms with Crippen LogP contribution in [0.1, 0.15) is 31.7 Å². The molecule has 1 unspecified atom stereocenters. The predicted octanol–water partition coefficient (Wildman–Crippen LogP) is 2.72. The van der Waals surface area contributed by atoms with Crippen LogP contribution in [0.3, 0.4) is 0 Å². The van der Waals surface area contributed by atoms with Gasteiger partial charge in [0.25, 0.3) is 0 Å². The molecule has 98 valence electrons. The maximum atomic E-state index is 9.56. The highest BCUT2D eigenvalue weighted by atomic mass is 16.6. The van der Waals surface area contributed by atoms with E-state index in [1.165, 1.54) is 0 Å². The van der Waals surface area contributed by atoms with Crippen LogP contribution in [0.25, 0.3) is 0 Å². The molecule has 0 radical (unpaired) electrons. The molecule has 0 aliphatic heterocycles. The summed E-state index contributed by atoms with van der Waals surface area (Å²) in [5.74, 6) is 6.68. The van der Waals surface area contributed by atoms with Crippen LogP contribution < -0.4 is 4.74 Å². The molecule has 0 aromatic heterocycles. The summed E-state index contributed by atoms with van der Waals surface area (Å²) in [5, 5.41) is 9.56. The third kappa shape index (κ3) is 5.72. The highest BCUT2D eigenvalue weighted by Crippen LogP contribution is 2.12. The first-order chi connectivity index (χ1) is 8.76. The Morgan fingerprint density at radius 2 is 1.94 bits per heavy atom. The van der Waals surface area contributed by atoms with Crippen LogP contribution in [0.4, 0.5) is 0 Å². The van der Waals surface area contributed by atoms with Crippen LogP contribution >= 0.6 is 0 Å². The molecule has 3 nitrogen and oxygen atoms in total. The molecule has 0 saturated heterocycles. The van der Waals surface area contributed by atoms with Crippen molar-refractivity contribution in [1.82, 2.24) is 0 Å². The summed E-state index contributed by atoms with van der Waals surface area (Å²) >= 11 is 0. The fourth-order valence-corrected chi connectivity index (χ4v) is 1.35. The van der Waals surface area contributed by atoms with E-state index in [9.17, 15) is 5.11 Å². The minimum atomic E-state index is -0.823. The van der Waals surface area contributed by atoms with Gasteiger partial charge in [-0.2, -0.15) is 0 Å². The van der Waals surface area contributed by atoms with Gasteiger partial charge < -0.3 is 14.6 Å². The molecule has 0 heterocycles. The first kappa shape index (κ1) is 14.6. The van der Waals surface area contributed by atoms with E-state index in [2.05, 4.69) is 18.8 Å². The van der Waals surface area contributed by atoms with Crippen LogP contribution in [-0.2, 0) is 11.3 Å². The Bertz CT molecular complexity index is 386. The van der Waals surface area contributed by atoms with Crippen molar-refractivity contribution in [2.75, 3.05) is 7.11 Å². The third-order valence-corrected chi connectivity index (χ3v) is 2.38. The molecule has 0 aliphatic carbocycles. The second kappa shape index (κ2) is 8.57. The lowest BCUT2D eigenvalue weighted by molar-refractivity contribution is -0.103. The van der Waals surface area contributed by atoms with Gasteiger partial charge in [-0.15, -0.1) is 5.92 Å². The fourth-order valence-electron chi connectivity index (χ4n) is 1.35. The van der Waals surface area contributed by atoms with Crippen molar-refractivity contribution in [1.29, 1.82) is 0 Å². The van der Waals surface area contributed by atoms with Crippen molar-refractivity contribution in [2.45, 2.75) is 39.1 Å². The van der Waals surface area contributed by atoms with E-state index in [0.29, 0.717) is 13.0 Å². The summed E-state index contributed by atoms with van der Waals surface area (Å²) < 4.78 is 10.4. The number of aliphatic hydroxyl groups excluding tert-OH is 1. The molecular weight excluding hydrogens is 228 g/mol. The second-order valence-electron chi connectivity index (χ2n) is 3.92. The lowest BCUT2D eigenvalue weighted by atomic mass is 10.2. The topological polar surface area (TPSA) is 38.7 Å². The summed E-state index contributed by atoms with van der Waals surface area (Å²) in [5.41, 5.74) is 0.997. The van der Waals surface area contributed by atoms with Gasteiger partial charge in [-0.3, -0.25) is 0 Å². The molecule has 18 heavy (non-hydrogen) atoms. The molecule has 1 atom stereocenters. The molecule has 0 fully saturated rings. The van der Waals surface area contributed by atoms with E-state index in [0.717, 1.165) is 24.2 Å². The van der Waals surface area contributed by atoms with Gasteiger partial charge in [0.2, 0.25) is 0 Å². The monoisotopic (exact) mass is 248 g/mol. The van der Waals surface area contributed by atoms with Crippen LogP contribution in [0, 0.1) is 11.8 Å². The van der Waals surface area contributed by atoms with Gasteiger partial charge >= 0.3 is 0 Å². The van der Waals surface area contributed by atoms with Crippen molar-refractivity contribution in [3.63, 3.8) is 0 Å². The van der Waals surface area contributed by atoms with Crippen molar-refractivity contribution in [3.8, 4) is 17.6 Å². The minimum absolute atomic E-state index is 0.357. The van der Waals surface area contributed by atoms with Gasteiger partial charge in [-0.1, -0.05) is 25.0 Å². The van der Waals surface area contributed by atoms with Crippen LogP contribution in [0.5, 0.6) is 5.75 Å². The number of methoxy groups -OCH3 is 1. The molecule has 0 saturated carbocycles. The number of rotatable bonds is 6. The minimum Gasteiger partial charge on any atom is -0.497 e. The van der Waals surface area contributed by atoms with E-state index in [1.54, 1.807) is 7.11 Å². The molecule has 0 aliphatic rings. The van der Waals surface area contributed by atoms with Gasteiger partial charge in [0, 0.05) is 6.42 Å². The second-order valence-corrected chi connectivity index (χ2v) is 3.92. The van der Waals surface area contributed by atoms with E-state index < -0.39 is 6.29 Å². The fraction of sp³-hybridized carbons (Fsp3) is 0.467. The average Bonchev–Trinajstić information content (AvgIpc) is 2.42. The van der Waals surface area contributed by atoms with Crippen molar-refractivity contribution < 1.29 is 14.6 Å².